The summed E-state index contributed by atoms with van der Waals surface area (Å²) < 4.78 is 30.9. The third-order valence-corrected chi connectivity index (χ3v) is 7.09. The Labute approximate surface area is 179 Å². The van der Waals surface area contributed by atoms with Crippen molar-refractivity contribution in [3.8, 4) is 0 Å². The van der Waals surface area contributed by atoms with Gasteiger partial charge in [0.1, 0.15) is 11.6 Å². The van der Waals surface area contributed by atoms with Crippen LogP contribution < -0.4 is 4.90 Å². The number of hydrogen-bond donors (Lipinski definition) is 0. The molecule has 0 bridgehead atoms. The first kappa shape index (κ1) is 21.2. The van der Waals surface area contributed by atoms with Crippen LogP contribution in [-0.4, -0.2) is 62.2 Å². The highest BCUT2D eigenvalue weighted by molar-refractivity contribution is 7.88. The zero-order valence-corrected chi connectivity index (χ0v) is 18.8. The SMILES string of the molecule is COCc1nc(C2CC2)nc(N2CCN(S(C)(=O)=O)CC2)c1Cc1cccc(C)c1. The van der Waals surface area contributed by atoms with E-state index in [2.05, 4.69) is 36.1 Å². The third-order valence-electron chi connectivity index (χ3n) is 5.78. The van der Waals surface area contributed by atoms with Gasteiger partial charge in [-0.2, -0.15) is 4.31 Å². The molecule has 7 nitrogen and oxygen atoms in total. The first-order chi connectivity index (χ1) is 14.3. The number of aryl methyl sites for hydroxylation is 1. The lowest BCUT2D eigenvalue weighted by atomic mass is 10.0. The summed E-state index contributed by atoms with van der Waals surface area (Å²) in [5.74, 6) is 2.27. The van der Waals surface area contributed by atoms with E-state index in [1.54, 1.807) is 11.4 Å². The summed E-state index contributed by atoms with van der Waals surface area (Å²) in [6.07, 6.45) is 4.27. The van der Waals surface area contributed by atoms with E-state index in [1.807, 2.05) is 0 Å². The van der Waals surface area contributed by atoms with Crippen LogP contribution in [0, 0.1) is 6.92 Å². The normalized spacial score (nSPS) is 18.0. The van der Waals surface area contributed by atoms with Crippen molar-refractivity contribution in [2.75, 3.05) is 44.4 Å². The number of piperazine rings is 1. The van der Waals surface area contributed by atoms with Gasteiger partial charge >= 0.3 is 0 Å². The van der Waals surface area contributed by atoms with Crippen molar-refractivity contribution in [1.82, 2.24) is 14.3 Å². The Morgan fingerprint density at radius 3 is 2.47 bits per heavy atom. The molecule has 1 aliphatic carbocycles. The standard InChI is InChI=1S/C22H30N4O3S/c1-16-5-4-6-17(13-16)14-19-20(15-29-2)23-21(18-7-8-18)24-22(19)25-9-11-26(12-10-25)30(3,27)28/h4-6,13,18H,7-12,14-15H2,1-3H3. The minimum Gasteiger partial charge on any atom is -0.378 e. The van der Waals surface area contributed by atoms with Crippen molar-refractivity contribution >= 4 is 15.8 Å². The fraction of sp³-hybridized carbons (Fsp3) is 0.545. The number of anilines is 1. The van der Waals surface area contributed by atoms with Gasteiger partial charge < -0.3 is 9.64 Å². The highest BCUT2D eigenvalue weighted by Crippen LogP contribution is 2.40. The van der Waals surface area contributed by atoms with Crippen LogP contribution in [-0.2, 0) is 27.8 Å². The summed E-state index contributed by atoms with van der Waals surface area (Å²) in [4.78, 5) is 12.1. The number of benzene rings is 1. The van der Waals surface area contributed by atoms with Crippen molar-refractivity contribution in [1.29, 1.82) is 0 Å². The largest absolute Gasteiger partial charge is 0.378 e. The Morgan fingerprint density at radius 1 is 1.13 bits per heavy atom. The Hall–Kier alpha value is -2.03. The number of ether oxygens (including phenoxy) is 1. The van der Waals surface area contributed by atoms with Crippen LogP contribution in [0.1, 0.15) is 47.0 Å². The summed E-state index contributed by atoms with van der Waals surface area (Å²) >= 11 is 0. The third kappa shape index (κ3) is 4.82. The van der Waals surface area contributed by atoms with Crippen LogP contribution in [0.4, 0.5) is 5.82 Å². The van der Waals surface area contributed by atoms with Gasteiger partial charge in [-0.1, -0.05) is 29.8 Å². The highest BCUT2D eigenvalue weighted by Gasteiger charge is 2.31. The number of nitrogens with zero attached hydrogens (tertiary/aromatic N) is 4. The van der Waals surface area contributed by atoms with Gasteiger partial charge in [-0.3, -0.25) is 0 Å². The van der Waals surface area contributed by atoms with Crippen LogP contribution in [0.3, 0.4) is 0 Å². The van der Waals surface area contributed by atoms with Gasteiger partial charge in [0.05, 0.1) is 18.6 Å². The summed E-state index contributed by atoms with van der Waals surface area (Å²) in [5, 5.41) is 0. The van der Waals surface area contributed by atoms with Crippen molar-refractivity contribution in [3.63, 3.8) is 0 Å². The molecule has 8 heteroatoms. The van der Waals surface area contributed by atoms with Gasteiger partial charge in [0, 0.05) is 51.2 Å². The molecule has 0 amide bonds. The Kier molecular flexibility index (Phi) is 6.09. The lowest BCUT2D eigenvalue weighted by Gasteiger charge is -2.35. The predicted molar refractivity (Wildman–Crippen MR) is 117 cm³/mol. The van der Waals surface area contributed by atoms with Crippen molar-refractivity contribution < 1.29 is 13.2 Å². The minimum atomic E-state index is -3.17. The predicted octanol–water partition coefficient (Wildman–Crippen LogP) is 2.48. The van der Waals surface area contributed by atoms with Gasteiger partial charge in [-0.25, -0.2) is 18.4 Å². The Bertz CT molecular complexity index is 1010. The molecule has 4 rings (SSSR count). The molecule has 30 heavy (non-hydrogen) atoms. The molecule has 1 saturated heterocycles. The fourth-order valence-corrected chi connectivity index (χ4v) is 4.84. The molecule has 1 aliphatic heterocycles. The number of hydrogen-bond acceptors (Lipinski definition) is 6. The number of rotatable bonds is 7. The second kappa shape index (κ2) is 8.61. The van der Waals surface area contributed by atoms with Crippen LogP contribution in [0.2, 0.25) is 0 Å². The van der Waals surface area contributed by atoms with Crippen molar-refractivity contribution in [3.05, 3.63) is 52.5 Å². The van der Waals surface area contributed by atoms with Gasteiger partial charge in [-0.05, 0) is 25.3 Å². The molecular formula is C22H30N4O3S. The van der Waals surface area contributed by atoms with Gasteiger partial charge in [0.2, 0.25) is 10.0 Å². The van der Waals surface area contributed by atoms with Crippen LogP contribution in [0.5, 0.6) is 0 Å². The fourth-order valence-electron chi connectivity index (χ4n) is 4.02. The molecule has 1 saturated carbocycles. The second-order valence-corrected chi connectivity index (χ2v) is 10.3. The summed E-state index contributed by atoms with van der Waals surface area (Å²) in [7, 11) is -1.48. The monoisotopic (exact) mass is 430 g/mol. The van der Waals surface area contributed by atoms with Gasteiger partial charge in [0.15, 0.2) is 0 Å². The number of sulfonamides is 1. The molecule has 2 aliphatic rings. The Balaban J connectivity index is 1.71. The van der Waals surface area contributed by atoms with Gasteiger partial charge in [0.25, 0.3) is 0 Å². The maximum absolute atomic E-state index is 11.9. The zero-order valence-electron chi connectivity index (χ0n) is 18.0. The van der Waals surface area contributed by atoms with Crippen LogP contribution in [0.25, 0.3) is 0 Å². The lowest BCUT2D eigenvalue weighted by Crippen LogP contribution is -2.49. The summed E-state index contributed by atoms with van der Waals surface area (Å²) in [6, 6.07) is 8.49. The molecule has 2 aromatic rings. The molecule has 1 aromatic carbocycles. The molecular weight excluding hydrogens is 400 g/mol. The van der Waals surface area contributed by atoms with Gasteiger partial charge in [-0.15, -0.1) is 0 Å². The van der Waals surface area contributed by atoms with Crippen molar-refractivity contribution in [2.24, 2.45) is 0 Å². The second-order valence-electron chi connectivity index (χ2n) is 8.35. The Morgan fingerprint density at radius 2 is 1.87 bits per heavy atom. The van der Waals surface area contributed by atoms with Crippen LogP contribution in [0.15, 0.2) is 24.3 Å². The molecule has 0 N–H and O–H groups in total. The molecule has 1 aromatic heterocycles. The van der Waals surface area contributed by atoms with E-state index in [9.17, 15) is 8.42 Å². The van der Waals surface area contributed by atoms with E-state index >= 15 is 0 Å². The molecule has 162 valence electrons. The van der Waals surface area contributed by atoms with E-state index < -0.39 is 10.0 Å². The van der Waals surface area contributed by atoms with E-state index in [0.717, 1.165) is 42.2 Å². The highest BCUT2D eigenvalue weighted by atomic mass is 32.2. The van der Waals surface area contributed by atoms with Crippen LogP contribution >= 0.6 is 0 Å². The molecule has 0 atom stereocenters. The average Bonchev–Trinajstić information content (AvgIpc) is 3.54. The maximum atomic E-state index is 11.9. The summed E-state index contributed by atoms with van der Waals surface area (Å²) in [5.41, 5.74) is 4.46. The molecule has 2 heterocycles. The van der Waals surface area contributed by atoms with Crippen molar-refractivity contribution in [2.45, 2.75) is 38.7 Å². The first-order valence-corrected chi connectivity index (χ1v) is 12.3. The molecule has 2 fully saturated rings. The maximum Gasteiger partial charge on any atom is 0.211 e. The quantitative estimate of drug-likeness (QED) is 0.672. The smallest absolute Gasteiger partial charge is 0.211 e. The van der Waals surface area contributed by atoms with E-state index in [-0.39, 0.29) is 0 Å². The number of aromatic nitrogens is 2. The molecule has 0 radical (unpaired) electrons. The average molecular weight is 431 g/mol. The zero-order chi connectivity index (χ0) is 21.3. The topological polar surface area (TPSA) is 75.6 Å². The lowest BCUT2D eigenvalue weighted by molar-refractivity contribution is 0.180. The van der Waals surface area contributed by atoms with E-state index in [1.165, 1.54) is 17.4 Å². The van der Waals surface area contributed by atoms with E-state index in [0.29, 0.717) is 38.7 Å². The van der Waals surface area contributed by atoms with E-state index in [4.69, 9.17) is 14.7 Å². The first-order valence-electron chi connectivity index (χ1n) is 10.5. The summed E-state index contributed by atoms with van der Waals surface area (Å²) in [6.45, 7) is 4.75. The molecule has 0 spiro atoms. The molecule has 0 unspecified atom stereocenters. The minimum absolute atomic E-state index is 0.435. The number of methoxy groups -OCH3 is 1.